The number of likely N-dealkylation sites (N-methyl/N-ethyl adjacent to an activating group) is 1. The van der Waals surface area contributed by atoms with Crippen molar-refractivity contribution in [2.75, 3.05) is 20.6 Å². The molecule has 0 aromatic carbocycles. The molecule has 1 aliphatic rings. The number of rotatable bonds is 5. The summed E-state index contributed by atoms with van der Waals surface area (Å²) in [5.74, 6) is 0.437. The third kappa shape index (κ3) is 13.1. The minimum atomic E-state index is -0.458. The minimum absolute atomic E-state index is 0.0354. The number of aromatic amines is 1. The van der Waals surface area contributed by atoms with Crippen LogP contribution in [-0.2, 0) is 27.2 Å². The van der Waals surface area contributed by atoms with Crippen molar-refractivity contribution in [3.05, 3.63) is 77.0 Å². The van der Waals surface area contributed by atoms with Gasteiger partial charge in [-0.05, 0) is 73.5 Å². The van der Waals surface area contributed by atoms with E-state index in [1.165, 1.54) is 11.6 Å². The molecule has 0 saturated heterocycles. The van der Waals surface area contributed by atoms with Gasteiger partial charge in [0.25, 0.3) is 0 Å². The molecule has 2 atom stereocenters. The molecule has 0 spiro atoms. The molecule has 1 aromatic rings. The molecule has 202 valence electrons. The monoisotopic (exact) mass is 508 g/mol. The summed E-state index contributed by atoms with van der Waals surface area (Å²) in [4.78, 5) is 34.8. The van der Waals surface area contributed by atoms with Crippen LogP contribution in [0.2, 0.25) is 0 Å². The minimum Gasteiger partial charge on any atom is -0.454 e. The van der Waals surface area contributed by atoms with E-state index in [4.69, 9.17) is 4.74 Å². The summed E-state index contributed by atoms with van der Waals surface area (Å²) < 4.78 is 5.81. The molecule has 37 heavy (non-hydrogen) atoms. The number of carbonyl (C=O) groups is 2. The normalized spacial score (nSPS) is 24.0. The fourth-order valence-corrected chi connectivity index (χ4v) is 4.00. The highest BCUT2D eigenvalue weighted by Crippen LogP contribution is 2.13. The maximum Gasteiger partial charge on any atom is 0.331 e. The number of nitrogens with zero attached hydrogens (tertiary/aromatic N) is 2. The Bertz CT molecular complexity index is 1040. The summed E-state index contributed by atoms with van der Waals surface area (Å²) in [5, 5.41) is 3.05. The molecule has 1 aromatic heterocycles. The van der Waals surface area contributed by atoms with Crippen molar-refractivity contribution in [2.24, 2.45) is 0 Å². The summed E-state index contributed by atoms with van der Waals surface area (Å²) in [5.41, 5.74) is 4.28. The van der Waals surface area contributed by atoms with Crippen LogP contribution in [0.25, 0.3) is 0 Å². The van der Waals surface area contributed by atoms with E-state index < -0.39 is 12.1 Å². The Morgan fingerprint density at radius 2 is 1.86 bits per heavy atom. The molecule has 2 rings (SSSR count). The van der Waals surface area contributed by atoms with E-state index in [1.54, 1.807) is 6.08 Å². The highest BCUT2D eigenvalue weighted by molar-refractivity contribution is 5.82. The third-order valence-corrected chi connectivity index (χ3v) is 5.93. The molecule has 7 nitrogen and oxygen atoms in total. The zero-order chi connectivity index (χ0) is 27.2. The number of ether oxygens (including phenoxy) is 1. The number of fused-ring (bicyclic) bond motifs is 2. The number of H-pyrrole nitrogens is 1. The molecular weight excluding hydrogens is 464 g/mol. The Morgan fingerprint density at radius 3 is 2.62 bits per heavy atom. The number of allylic oxidation sites excluding steroid dienone is 6. The topological polar surface area (TPSA) is 87.3 Å². The van der Waals surface area contributed by atoms with Crippen molar-refractivity contribution in [1.82, 2.24) is 20.2 Å². The van der Waals surface area contributed by atoms with E-state index in [9.17, 15) is 9.59 Å². The van der Waals surface area contributed by atoms with Crippen molar-refractivity contribution < 1.29 is 14.3 Å². The van der Waals surface area contributed by atoms with Crippen LogP contribution >= 0.6 is 0 Å². The van der Waals surface area contributed by atoms with Gasteiger partial charge in [0.05, 0.1) is 0 Å². The van der Waals surface area contributed by atoms with E-state index in [0.717, 1.165) is 54.9 Å². The van der Waals surface area contributed by atoms with E-state index in [-0.39, 0.29) is 11.9 Å². The molecule has 2 N–H and O–H groups in total. The Balaban J connectivity index is 2.21. The van der Waals surface area contributed by atoms with Crippen molar-refractivity contribution in [3.8, 4) is 0 Å². The Kier molecular flexibility index (Phi) is 12.8. The lowest BCUT2D eigenvalue weighted by Gasteiger charge is -2.14. The Morgan fingerprint density at radius 1 is 1.14 bits per heavy atom. The average molecular weight is 509 g/mol. The number of carbonyl (C=O) groups excluding carboxylic acids is 2. The summed E-state index contributed by atoms with van der Waals surface area (Å²) >= 11 is 0. The number of hydrogen-bond acceptors (Lipinski definition) is 5. The molecule has 0 radical (unpaired) electrons. The molecule has 1 amide bonds. The van der Waals surface area contributed by atoms with E-state index >= 15 is 0 Å². The maximum absolute atomic E-state index is 12.6. The van der Waals surface area contributed by atoms with Gasteiger partial charge in [-0.2, -0.15) is 0 Å². The SMILES string of the molecule is CC(/C=C/C(C)=C/C1Cc2ncc([nH]2)CCCCC(=O)NC(C)C/C(C)=C/C=C\C(=O)O1)=C\CN(C)C. The first-order valence-electron chi connectivity index (χ1n) is 13.1. The number of imidazole rings is 1. The smallest absolute Gasteiger partial charge is 0.331 e. The van der Waals surface area contributed by atoms with Crippen LogP contribution in [0.3, 0.4) is 0 Å². The summed E-state index contributed by atoms with van der Waals surface area (Å²) in [6.45, 7) is 8.94. The van der Waals surface area contributed by atoms with Gasteiger partial charge in [0, 0.05) is 43.4 Å². The maximum atomic E-state index is 12.6. The number of amides is 1. The second-order valence-corrected chi connectivity index (χ2v) is 10.2. The van der Waals surface area contributed by atoms with Crippen molar-refractivity contribution in [3.63, 3.8) is 0 Å². The summed E-state index contributed by atoms with van der Waals surface area (Å²) in [6, 6.07) is 0.0354. The fraction of sp³-hybridized carbons (Fsp3) is 0.500. The first-order chi connectivity index (χ1) is 17.6. The number of hydrogen-bond donors (Lipinski definition) is 2. The predicted octanol–water partition coefficient (Wildman–Crippen LogP) is 5.00. The number of aromatic nitrogens is 2. The van der Waals surface area contributed by atoms with Crippen LogP contribution in [-0.4, -0.2) is 59.5 Å². The number of esters is 1. The Hall–Kier alpha value is -3.19. The lowest BCUT2D eigenvalue weighted by atomic mass is 10.1. The van der Waals surface area contributed by atoms with E-state index in [2.05, 4.69) is 39.3 Å². The zero-order valence-corrected chi connectivity index (χ0v) is 23.3. The molecule has 0 fully saturated rings. The van der Waals surface area contributed by atoms with Crippen molar-refractivity contribution in [1.29, 1.82) is 0 Å². The summed E-state index contributed by atoms with van der Waals surface area (Å²) in [7, 11) is 4.08. The van der Waals surface area contributed by atoms with Crippen LogP contribution in [0.4, 0.5) is 0 Å². The van der Waals surface area contributed by atoms with Gasteiger partial charge < -0.3 is 19.9 Å². The van der Waals surface area contributed by atoms with Crippen LogP contribution in [0, 0.1) is 0 Å². The number of cyclic esters (lactones) is 1. The quantitative estimate of drug-likeness (QED) is 0.432. The van der Waals surface area contributed by atoms with Crippen molar-refractivity contribution >= 4 is 11.9 Å². The highest BCUT2D eigenvalue weighted by Gasteiger charge is 2.14. The molecule has 0 aliphatic carbocycles. The van der Waals surface area contributed by atoms with Crippen LogP contribution < -0.4 is 5.32 Å². The van der Waals surface area contributed by atoms with Gasteiger partial charge in [-0.25, -0.2) is 9.78 Å². The van der Waals surface area contributed by atoms with E-state index in [0.29, 0.717) is 12.8 Å². The zero-order valence-electron chi connectivity index (χ0n) is 23.3. The lowest BCUT2D eigenvalue weighted by Crippen LogP contribution is -2.32. The molecule has 2 heterocycles. The molecule has 2 bridgehead atoms. The number of aryl methyl sites for hydroxylation is 1. The van der Waals surface area contributed by atoms with Crippen LogP contribution in [0.15, 0.2) is 65.4 Å². The first-order valence-corrected chi connectivity index (χ1v) is 13.1. The van der Waals surface area contributed by atoms with Gasteiger partial charge in [0.15, 0.2) is 0 Å². The number of nitrogens with one attached hydrogen (secondary N) is 2. The summed E-state index contributed by atoms with van der Waals surface area (Å²) in [6.07, 6.45) is 18.9. The second-order valence-electron chi connectivity index (χ2n) is 10.2. The lowest BCUT2D eigenvalue weighted by molar-refractivity contribution is -0.140. The van der Waals surface area contributed by atoms with Crippen LogP contribution in [0.1, 0.15) is 64.9 Å². The van der Waals surface area contributed by atoms with Gasteiger partial charge in [-0.15, -0.1) is 0 Å². The van der Waals surface area contributed by atoms with Gasteiger partial charge in [0.2, 0.25) is 5.91 Å². The highest BCUT2D eigenvalue weighted by atomic mass is 16.5. The van der Waals surface area contributed by atoms with E-state index in [1.807, 2.05) is 59.3 Å². The van der Waals surface area contributed by atoms with Gasteiger partial charge in [0.1, 0.15) is 11.9 Å². The van der Waals surface area contributed by atoms with Gasteiger partial charge in [-0.1, -0.05) is 47.1 Å². The largest absolute Gasteiger partial charge is 0.454 e. The van der Waals surface area contributed by atoms with Gasteiger partial charge in [-0.3, -0.25) is 4.79 Å². The molecule has 7 heteroatoms. The standard InChI is InChI=1S/C30H44N4O3/c1-22(16-17-34(5)6)14-15-24(3)19-27-20-28-31-21-26(33-28)11-7-8-12-29(35)32-25(4)18-23(2)10-9-13-30(36)37-27/h9-10,13-16,19,21,25,27H,7-8,11-12,17-18,20H2,1-6H3,(H,31,33)(H,32,35)/b13-9-,15-14+,22-16+,23-10+,24-19+. The first kappa shape index (κ1) is 30.0. The fourth-order valence-electron chi connectivity index (χ4n) is 4.00. The average Bonchev–Trinajstić information content (AvgIpc) is 3.25. The Labute approximate surface area is 222 Å². The third-order valence-electron chi connectivity index (χ3n) is 5.93. The van der Waals surface area contributed by atoms with Crippen LogP contribution in [0.5, 0.6) is 0 Å². The molecule has 1 aliphatic heterocycles. The second kappa shape index (κ2) is 15.8. The molecular formula is C30H44N4O3. The van der Waals surface area contributed by atoms with Crippen molar-refractivity contribution in [2.45, 2.75) is 78.4 Å². The molecule has 2 unspecified atom stereocenters. The molecule has 0 saturated carbocycles. The van der Waals surface area contributed by atoms with Gasteiger partial charge >= 0.3 is 5.97 Å². The predicted molar refractivity (Wildman–Crippen MR) is 150 cm³/mol.